The zero-order valence-corrected chi connectivity index (χ0v) is 14.9. The van der Waals surface area contributed by atoms with Crippen molar-refractivity contribution in [2.24, 2.45) is 0 Å². The molecule has 1 unspecified atom stereocenters. The van der Waals surface area contributed by atoms with Crippen molar-refractivity contribution < 1.29 is 18.8 Å². The van der Waals surface area contributed by atoms with Crippen LogP contribution in [0.3, 0.4) is 0 Å². The Balaban J connectivity index is 1.46. The zero-order valence-electron chi connectivity index (χ0n) is 14.9. The molecule has 0 spiro atoms. The van der Waals surface area contributed by atoms with Crippen LogP contribution in [0.4, 0.5) is 4.39 Å². The molecule has 3 rings (SSSR count). The van der Waals surface area contributed by atoms with Crippen LogP contribution in [0.5, 0.6) is 0 Å². The van der Waals surface area contributed by atoms with E-state index in [0.29, 0.717) is 32.6 Å². The molecule has 1 aliphatic carbocycles. The van der Waals surface area contributed by atoms with Gasteiger partial charge >= 0.3 is 11.8 Å². The Morgan fingerprint density at radius 1 is 1.08 bits per heavy atom. The smallest absolute Gasteiger partial charge is 0.312 e. The van der Waals surface area contributed by atoms with Crippen molar-refractivity contribution >= 4 is 17.7 Å². The van der Waals surface area contributed by atoms with Crippen molar-refractivity contribution in [2.75, 3.05) is 26.2 Å². The molecule has 1 aromatic carbocycles. The Labute approximate surface area is 152 Å². The van der Waals surface area contributed by atoms with Crippen LogP contribution in [0.25, 0.3) is 0 Å². The van der Waals surface area contributed by atoms with Gasteiger partial charge < -0.3 is 15.1 Å². The molecule has 3 amide bonds. The molecule has 1 heterocycles. The minimum Gasteiger partial charge on any atom is -0.345 e. The SMILES string of the molecule is CC(CC(=O)N1CCN(C(=O)C(=O)NC2CC2)CC1)c1ccc(F)cc1. The van der Waals surface area contributed by atoms with Gasteiger partial charge in [-0.25, -0.2) is 4.39 Å². The third kappa shape index (κ3) is 4.59. The van der Waals surface area contributed by atoms with Crippen LogP contribution in [0, 0.1) is 5.82 Å². The third-order valence-corrected chi connectivity index (χ3v) is 4.95. The molecule has 26 heavy (non-hydrogen) atoms. The van der Waals surface area contributed by atoms with Gasteiger partial charge in [-0.05, 0) is 36.5 Å². The lowest BCUT2D eigenvalue weighted by Gasteiger charge is -2.35. The van der Waals surface area contributed by atoms with Crippen LogP contribution < -0.4 is 5.32 Å². The van der Waals surface area contributed by atoms with E-state index in [-0.39, 0.29) is 23.7 Å². The minimum atomic E-state index is -0.544. The molecule has 1 aliphatic heterocycles. The molecule has 0 bridgehead atoms. The van der Waals surface area contributed by atoms with E-state index < -0.39 is 11.8 Å². The number of amides is 3. The summed E-state index contributed by atoms with van der Waals surface area (Å²) in [5.74, 6) is -1.34. The Morgan fingerprint density at radius 2 is 1.65 bits per heavy atom. The summed E-state index contributed by atoms with van der Waals surface area (Å²) >= 11 is 0. The van der Waals surface area contributed by atoms with E-state index in [1.165, 1.54) is 17.0 Å². The van der Waals surface area contributed by atoms with Crippen LogP contribution in [-0.2, 0) is 14.4 Å². The summed E-state index contributed by atoms with van der Waals surface area (Å²) in [5, 5.41) is 2.70. The van der Waals surface area contributed by atoms with Crippen molar-refractivity contribution in [1.82, 2.24) is 15.1 Å². The highest BCUT2D eigenvalue weighted by atomic mass is 19.1. The topological polar surface area (TPSA) is 69.7 Å². The van der Waals surface area contributed by atoms with E-state index in [0.717, 1.165) is 18.4 Å². The van der Waals surface area contributed by atoms with Gasteiger partial charge in [-0.1, -0.05) is 19.1 Å². The molecule has 1 saturated carbocycles. The van der Waals surface area contributed by atoms with E-state index in [2.05, 4.69) is 5.32 Å². The maximum absolute atomic E-state index is 13.0. The monoisotopic (exact) mass is 361 g/mol. The van der Waals surface area contributed by atoms with E-state index >= 15 is 0 Å². The third-order valence-electron chi connectivity index (χ3n) is 4.95. The van der Waals surface area contributed by atoms with E-state index in [1.807, 2.05) is 6.92 Å². The number of rotatable bonds is 4. The van der Waals surface area contributed by atoms with Crippen molar-refractivity contribution in [3.05, 3.63) is 35.6 Å². The van der Waals surface area contributed by atoms with Gasteiger partial charge in [0.25, 0.3) is 0 Å². The number of carbonyl (C=O) groups excluding carboxylic acids is 3. The Hall–Kier alpha value is -2.44. The fourth-order valence-corrected chi connectivity index (χ4v) is 3.08. The molecule has 140 valence electrons. The van der Waals surface area contributed by atoms with E-state index in [1.54, 1.807) is 17.0 Å². The van der Waals surface area contributed by atoms with Crippen LogP contribution in [0.15, 0.2) is 24.3 Å². The molecule has 0 aromatic heterocycles. The highest BCUT2D eigenvalue weighted by Crippen LogP contribution is 2.21. The van der Waals surface area contributed by atoms with Crippen molar-refractivity contribution in [1.29, 1.82) is 0 Å². The highest BCUT2D eigenvalue weighted by molar-refractivity contribution is 6.35. The predicted octanol–water partition coefficient (Wildman–Crippen LogP) is 1.27. The molecule has 7 heteroatoms. The maximum Gasteiger partial charge on any atom is 0.312 e. The summed E-state index contributed by atoms with van der Waals surface area (Å²) in [5.41, 5.74) is 0.922. The summed E-state index contributed by atoms with van der Waals surface area (Å²) in [6.45, 7) is 3.53. The second-order valence-electron chi connectivity index (χ2n) is 7.08. The first-order valence-corrected chi connectivity index (χ1v) is 9.07. The van der Waals surface area contributed by atoms with Gasteiger partial charge in [0.2, 0.25) is 5.91 Å². The Bertz CT molecular complexity index is 680. The van der Waals surface area contributed by atoms with Gasteiger partial charge in [-0.2, -0.15) is 0 Å². The van der Waals surface area contributed by atoms with Gasteiger partial charge in [0, 0.05) is 38.6 Å². The number of nitrogens with one attached hydrogen (secondary N) is 1. The molecule has 1 atom stereocenters. The molecule has 1 saturated heterocycles. The maximum atomic E-state index is 13.0. The number of nitrogens with zero attached hydrogens (tertiary/aromatic N) is 2. The lowest BCUT2D eigenvalue weighted by molar-refractivity contribution is -0.148. The van der Waals surface area contributed by atoms with Gasteiger partial charge in [0.15, 0.2) is 0 Å². The fourth-order valence-electron chi connectivity index (χ4n) is 3.08. The van der Waals surface area contributed by atoms with Gasteiger partial charge in [0.1, 0.15) is 5.82 Å². The highest BCUT2D eigenvalue weighted by Gasteiger charge is 2.31. The summed E-state index contributed by atoms with van der Waals surface area (Å²) in [6.07, 6.45) is 2.21. The number of carbonyl (C=O) groups is 3. The number of benzene rings is 1. The molecule has 1 aromatic rings. The first kappa shape index (κ1) is 18.4. The number of piperazine rings is 1. The first-order chi connectivity index (χ1) is 12.4. The second kappa shape index (κ2) is 7.85. The van der Waals surface area contributed by atoms with Gasteiger partial charge in [-0.3, -0.25) is 14.4 Å². The standard InChI is InChI=1S/C19H24FN3O3/c1-13(14-2-4-15(20)5-3-14)12-17(24)22-8-10-23(11-9-22)19(26)18(25)21-16-6-7-16/h2-5,13,16H,6-12H2,1H3,(H,21,25). The quantitative estimate of drug-likeness (QED) is 0.821. The molecule has 1 N–H and O–H groups in total. The second-order valence-corrected chi connectivity index (χ2v) is 7.08. The molecule has 6 nitrogen and oxygen atoms in total. The predicted molar refractivity (Wildman–Crippen MR) is 93.8 cm³/mol. The Kier molecular flexibility index (Phi) is 5.54. The fraction of sp³-hybridized carbons (Fsp3) is 0.526. The summed E-state index contributed by atoms with van der Waals surface area (Å²) in [4.78, 5) is 39.6. The van der Waals surface area contributed by atoms with E-state index in [9.17, 15) is 18.8 Å². The minimum absolute atomic E-state index is 0.00733. The average molecular weight is 361 g/mol. The van der Waals surface area contributed by atoms with Gasteiger partial charge in [-0.15, -0.1) is 0 Å². The molecule has 2 aliphatic rings. The van der Waals surface area contributed by atoms with Crippen LogP contribution in [0.1, 0.15) is 37.7 Å². The van der Waals surface area contributed by atoms with Crippen molar-refractivity contribution in [3.63, 3.8) is 0 Å². The van der Waals surface area contributed by atoms with Crippen molar-refractivity contribution in [2.45, 2.75) is 38.1 Å². The molecule has 2 fully saturated rings. The lowest BCUT2D eigenvalue weighted by Crippen LogP contribution is -2.54. The molecular weight excluding hydrogens is 337 g/mol. The first-order valence-electron chi connectivity index (χ1n) is 9.07. The molecule has 0 radical (unpaired) electrons. The number of halogens is 1. The average Bonchev–Trinajstić information content (AvgIpc) is 3.45. The van der Waals surface area contributed by atoms with E-state index in [4.69, 9.17) is 0 Å². The van der Waals surface area contributed by atoms with Crippen LogP contribution >= 0.6 is 0 Å². The summed E-state index contributed by atoms with van der Waals surface area (Å²) in [6, 6.07) is 6.34. The van der Waals surface area contributed by atoms with Crippen molar-refractivity contribution in [3.8, 4) is 0 Å². The zero-order chi connectivity index (χ0) is 18.7. The Morgan fingerprint density at radius 3 is 2.23 bits per heavy atom. The van der Waals surface area contributed by atoms with Crippen LogP contribution in [-0.4, -0.2) is 59.7 Å². The van der Waals surface area contributed by atoms with Gasteiger partial charge in [0.05, 0.1) is 0 Å². The number of hydrogen-bond acceptors (Lipinski definition) is 3. The largest absolute Gasteiger partial charge is 0.345 e. The molecular formula is C19H24FN3O3. The number of hydrogen-bond donors (Lipinski definition) is 1. The summed E-state index contributed by atoms with van der Waals surface area (Å²) in [7, 11) is 0. The normalized spacial score (nSPS) is 18.4. The summed E-state index contributed by atoms with van der Waals surface area (Å²) < 4.78 is 13.0. The lowest BCUT2D eigenvalue weighted by atomic mass is 9.97. The van der Waals surface area contributed by atoms with Crippen LogP contribution in [0.2, 0.25) is 0 Å².